The minimum atomic E-state index is 0.258. The highest BCUT2D eigenvalue weighted by Crippen LogP contribution is 2.44. The molecule has 1 unspecified atom stereocenters. The van der Waals surface area contributed by atoms with Crippen LogP contribution in [0.15, 0.2) is 0 Å². The molecule has 0 amide bonds. The fourth-order valence-corrected chi connectivity index (χ4v) is 2.22. The molecule has 1 heteroatoms. The van der Waals surface area contributed by atoms with Gasteiger partial charge in [-0.05, 0) is 38.0 Å². The first kappa shape index (κ1) is 5.72. The summed E-state index contributed by atoms with van der Waals surface area (Å²) in [6.07, 6.45) is 7.84. The van der Waals surface area contributed by atoms with E-state index in [1.807, 2.05) is 0 Å². The van der Waals surface area contributed by atoms with Crippen LogP contribution in [-0.4, -0.2) is 5.54 Å². The molecule has 0 aromatic carbocycles. The van der Waals surface area contributed by atoms with Gasteiger partial charge in [-0.3, -0.25) is 0 Å². The summed E-state index contributed by atoms with van der Waals surface area (Å²) in [5.41, 5.74) is 6.34. The zero-order valence-corrected chi connectivity index (χ0v) is 5.82. The fraction of sp³-hybridized carbons (Fsp3) is 0.875. The SMILES string of the molecule is NC12CCC[C](CC1)C2. The summed E-state index contributed by atoms with van der Waals surface area (Å²) in [4.78, 5) is 0. The van der Waals surface area contributed by atoms with E-state index in [1.54, 1.807) is 5.92 Å². The van der Waals surface area contributed by atoms with E-state index in [9.17, 15) is 0 Å². The summed E-state index contributed by atoms with van der Waals surface area (Å²) < 4.78 is 0. The van der Waals surface area contributed by atoms with E-state index < -0.39 is 0 Å². The maximum atomic E-state index is 6.08. The quantitative estimate of drug-likeness (QED) is 0.522. The highest BCUT2D eigenvalue weighted by atomic mass is 14.8. The summed E-state index contributed by atoms with van der Waals surface area (Å²) in [6.45, 7) is 0. The van der Waals surface area contributed by atoms with Gasteiger partial charge >= 0.3 is 0 Å². The van der Waals surface area contributed by atoms with Gasteiger partial charge in [-0.2, -0.15) is 0 Å². The van der Waals surface area contributed by atoms with Gasteiger partial charge < -0.3 is 5.73 Å². The van der Waals surface area contributed by atoms with E-state index in [2.05, 4.69) is 0 Å². The smallest absolute Gasteiger partial charge is 0.0160 e. The van der Waals surface area contributed by atoms with Crippen LogP contribution in [0.4, 0.5) is 0 Å². The lowest BCUT2D eigenvalue weighted by atomic mass is 9.84. The standard InChI is InChI=1S/C8H14N/c9-8-4-1-2-7(6-8)3-5-8/h1-6,9H2. The first-order valence-corrected chi connectivity index (χ1v) is 3.91. The Morgan fingerprint density at radius 1 is 1.22 bits per heavy atom. The predicted octanol–water partition coefficient (Wildman–Crippen LogP) is 1.63. The highest BCUT2D eigenvalue weighted by molar-refractivity contribution is 5.11. The molecule has 9 heavy (non-hydrogen) atoms. The van der Waals surface area contributed by atoms with Crippen molar-refractivity contribution in [1.29, 1.82) is 0 Å². The van der Waals surface area contributed by atoms with Gasteiger partial charge in [0.15, 0.2) is 0 Å². The van der Waals surface area contributed by atoms with Gasteiger partial charge in [-0.25, -0.2) is 0 Å². The van der Waals surface area contributed by atoms with Gasteiger partial charge in [0.2, 0.25) is 0 Å². The maximum Gasteiger partial charge on any atom is 0.0160 e. The molecule has 2 aliphatic carbocycles. The molecule has 1 atom stereocenters. The Bertz CT molecular complexity index is 118. The van der Waals surface area contributed by atoms with Crippen LogP contribution in [0.2, 0.25) is 0 Å². The molecule has 2 saturated carbocycles. The van der Waals surface area contributed by atoms with Crippen molar-refractivity contribution in [1.82, 2.24) is 0 Å². The van der Waals surface area contributed by atoms with E-state index in [-0.39, 0.29) is 5.54 Å². The second-order valence-electron chi connectivity index (χ2n) is 3.64. The number of rotatable bonds is 0. The zero-order chi connectivity index (χ0) is 6.32. The Kier molecular flexibility index (Phi) is 1.10. The third-order valence-electron chi connectivity index (χ3n) is 2.78. The molecule has 0 saturated heterocycles. The second-order valence-corrected chi connectivity index (χ2v) is 3.64. The molecule has 0 heterocycles. The van der Waals surface area contributed by atoms with E-state index in [0.717, 1.165) is 0 Å². The van der Waals surface area contributed by atoms with Gasteiger partial charge in [0.25, 0.3) is 0 Å². The van der Waals surface area contributed by atoms with Gasteiger partial charge in [0.1, 0.15) is 0 Å². The number of hydrogen-bond donors (Lipinski definition) is 1. The third kappa shape index (κ3) is 0.877. The zero-order valence-electron chi connectivity index (χ0n) is 5.82. The largest absolute Gasteiger partial charge is 0.325 e. The van der Waals surface area contributed by atoms with Crippen LogP contribution >= 0.6 is 0 Å². The molecule has 2 bridgehead atoms. The van der Waals surface area contributed by atoms with E-state index in [0.29, 0.717) is 0 Å². The van der Waals surface area contributed by atoms with Crippen LogP contribution in [-0.2, 0) is 0 Å². The van der Waals surface area contributed by atoms with Crippen molar-refractivity contribution in [3.63, 3.8) is 0 Å². The molecule has 0 aliphatic heterocycles. The van der Waals surface area contributed by atoms with Crippen molar-refractivity contribution in [3.8, 4) is 0 Å². The second kappa shape index (κ2) is 1.72. The summed E-state index contributed by atoms with van der Waals surface area (Å²) in [6, 6.07) is 0. The summed E-state index contributed by atoms with van der Waals surface area (Å²) in [5.74, 6) is 1.74. The Morgan fingerprint density at radius 2 is 2.11 bits per heavy atom. The van der Waals surface area contributed by atoms with E-state index in [4.69, 9.17) is 5.73 Å². The summed E-state index contributed by atoms with van der Waals surface area (Å²) in [5, 5.41) is 0. The average molecular weight is 124 g/mol. The first-order chi connectivity index (χ1) is 4.29. The molecule has 2 N–H and O–H groups in total. The summed E-state index contributed by atoms with van der Waals surface area (Å²) in [7, 11) is 0. The number of fused-ring (bicyclic) bond motifs is 2. The molecule has 1 radical (unpaired) electrons. The van der Waals surface area contributed by atoms with Crippen molar-refractivity contribution < 1.29 is 0 Å². The van der Waals surface area contributed by atoms with Crippen LogP contribution < -0.4 is 5.73 Å². The molecule has 2 fully saturated rings. The number of hydrogen-bond acceptors (Lipinski definition) is 1. The molecule has 2 rings (SSSR count). The topological polar surface area (TPSA) is 26.0 Å². The minimum Gasteiger partial charge on any atom is -0.325 e. The van der Waals surface area contributed by atoms with Crippen molar-refractivity contribution in [2.75, 3.05) is 0 Å². The van der Waals surface area contributed by atoms with Crippen LogP contribution in [0.5, 0.6) is 0 Å². The number of nitrogens with two attached hydrogens (primary N) is 1. The van der Waals surface area contributed by atoms with Crippen LogP contribution in [0.25, 0.3) is 0 Å². The van der Waals surface area contributed by atoms with Gasteiger partial charge in [0, 0.05) is 5.54 Å². The van der Waals surface area contributed by atoms with E-state index in [1.165, 1.54) is 38.5 Å². The molecule has 0 aromatic heterocycles. The van der Waals surface area contributed by atoms with Crippen LogP contribution in [0.3, 0.4) is 0 Å². The Hall–Kier alpha value is -0.0400. The fourth-order valence-electron chi connectivity index (χ4n) is 2.22. The van der Waals surface area contributed by atoms with Gasteiger partial charge in [0.05, 0.1) is 0 Å². The Morgan fingerprint density at radius 3 is 2.78 bits per heavy atom. The normalized spacial score (nSPS) is 43.7. The average Bonchev–Trinajstić information content (AvgIpc) is 2.07. The predicted molar refractivity (Wildman–Crippen MR) is 37.9 cm³/mol. The first-order valence-electron chi connectivity index (χ1n) is 3.91. The van der Waals surface area contributed by atoms with Crippen molar-refractivity contribution in [2.24, 2.45) is 5.73 Å². The lowest BCUT2D eigenvalue weighted by Gasteiger charge is -2.28. The monoisotopic (exact) mass is 124 g/mol. The van der Waals surface area contributed by atoms with Gasteiger partial charge in [-0.15, -0.1) is 0 Å². The molecule has 2 aliphatic rings. The molecule has 51 valence electrons. The maximum absolute atomic E-state index is 6.08. The lowest BCUT2D eigenvalue weighted by molar-refractivity contribution is 0.368. The molecule has 0 spiro atoms. The Balaban J connectivity index is 2.13. The summed E-state index contributed by atoms with van der Waals surface area (Å²) >= 11 is 0. The van der Waals surface area contributed by atoms with Crippen molar-refractivity contribution in [2.45, 2.75) is 44.1 Å². The van der Waals surface area contributed by atoms with Crippen molar-refractivity contribution in [3.05, 3.63) is 5.92 Å². The highest BCUT2D eigenvalue weighted by Gasteiger charge is 2.38. The minimum absolute atomic E-state index is 0.258. The van der Waals surface area contributed by atoms with Crippen molar-refractivity contribution >= 4 is 0 Å². The van der Waals surface area contributed by atoms with Crippen LogP contribution in [0.1, 0.15) is 38.5 Å². The third-order valence-corrected chi connectivity index (χ3v) is 2.78. The molecule has 1 nitrogen and oxygen atoms in total. The van der Waals surface area contributed by atoms with Crippen LogP contribution in [0, 0.1) is 5.92 Å². The Labute approximate surface area is 56.6 Å². The van der Waals surface area contributed by atoms with Gasteiger partial charge in [-0.1, -0.05) is 6.42 Å². The lowest BCUT2D eigenvalue weighted by Crippen LogP contribution is -2.38. The van der Waals surface area contributed by atoms with E-state index >= 15 is 0 Å². The molecular formula is C8H14N. The molecule has 0 aromatic rings. The molecular weight excluding hydrogens is 110 g/mol.